The second kappa shape index (κ2) is 3.62. The van der Waals surface area contributed by atoms with Crippen molar-refractivity contribution in [1.29, 1.82) is 0 Å². The number of halogens is 2. The van der Waals surface area contributed by atoms with Crippen LogP contribution in [0.15, 0.2) is 0 Å². The Bertz CT molecular complexity index is 79.5. The summed E-state index contributed by atoms with van der Waals surface area (Å²) in [5, 5.41) is -0.246. The van der Waals surface area contributed by atoms with E-state index in [-0.39, 0.29) is 5.38 Å². The zero-order valence-corrected chi connectivity index (χ0v) is 6.91. The molecule has 2 atom stereocenters. The van der Waals surface area contributed by atoms with Crippen molar-refractivity contribution >= 4 is 23.2 Å². The second-order valence-corrected chi connectivity index (χ2v) is 3.54. The van der Waals surface area contributed by atoms with Gasteiger partial charge in [0.05, 0.1) is 5.38 Å². The summed E-state index contributed by atoms with van der Waals surface area (Å²) in [6.07, 6.45) is 0.651. The minimum Gasteiger partial charge on any atom is -0.330 e. The zero-order valence-electron chi connectivity index (χ0n) is 5.40. The van der Waals surface area contributed by atoms with Crippen molar-refractivity contribution in [3.63, 3.8) is 0 Å². The van der Waals surface area contributed by atoms with Crippen LogP contribution in [0.4, 0.5) is 0 Å². The lowest BCUT2D eigenvalue weighted by atomic mass is 10.2. The molecule has 9 heavy (non-hydrogen) atoms. The Morgan fingerprint density at radius 1 is 1.67 bits per heavy atom. The van der Waals surface area contributed by atoms with Gasteiger partial charge in [-0.05, 0) is 19.9 Å². The van der Waals surface area contributed by atoms with Crippen LogP contribution in [-0.4, -0.2) is 16.9 Å². The van der Waals surface area contributed by atoms with Crippen LogP contribution in [0.5, 0.6) is 0 Å². The normalized spacial score (nSPS) is 21.0. The molecule has 4 heteroatoms. The summed E-state index contributed by atoms with van der Waals surface area (Å²) in [4.78, 5) is -0.832. The summed E-state index contributed by atoms with van der Waals surface area (Å²) in [6, 6.07) is 0. The van der Waals surface area contributed by atoms with Crippen molar-refractivity contribution < 1.29 is 0 Å². The molecule has 0 aliphatic heterocycles. The molecular weight excluding hydrogens is 159 g/mol. The van der Waals surface area contributed by atoms with Crippen LogP contribution < -0.4 is 11.5 Å². The number of nitrogens with two attached hydrogens (primary N) is 2. The molecule has 0 aromatic heterocycles. The van der Waals surface area contributed by atoms with E-state index in [0.717, 1.165) is 0 Å². The van der Waals surface area contributed by atoms with Crippen molar-refractivity contribution in [3.05, 3.63) is 0 Å². The predicted octanol–water partition coefficient (Wildman–Crippen LogP) is 0.856. The summed E-state index contributed by atoms with van der Waals surface area (Å²) in [5.41, 5.74) is 10.7. The van der Waals surface area contributed by atoms with Crippen LogP contribution in [0.1, 0.15) is 13.3 Å². The Morgan fingerprint density at radius 3 is 2.22 bits per heavy atom. The van der Waals surface area contributed by atoms with E-state index >= 15 is 0 Å². The van der Waals surface area contributed by atoms with Crippen molar-refractivity contribution in [2.45, 2.75) is 23.7 Å². The maximum Gasteiger partial charge on any atom is 0.105 e. The molecule has 0 heterocycles. The summed E-state index contributed by atoms with van der Waals surface area (Å²) < 4.78 is 0. The van der Waals surface area contributed by atoms with Crippen LogP contribution in [0.2, 0.25) is 0 Å². The maximum absolute atomic E-state index is 5.72. The molecule has 0 bridgehead atoms. The minimum absolute atomic E-state index is 0.246. The van der Waals surface area contributed by atoms with E-state index in [1.165, 1.54) is 0 Å². The topological polar surface area (TPSA) is 52.0 Å². The van der Waals surface area contributed by atoms with E-state index in [2.05, 4.69) is 0 Å². The first-order valence-electron chi connectivity index (χ1n) is 2.80. The SMILES string of the molecule is CC(N)(Cl)C(Cl)CCN. The molecule has 0 saturated carbocycles. The van der Waals surface area contributed by atoms with E-state index in [9.17, 15) is 0 Å². The van der Waals surface area contributed by atoms with Crippen LogP contribution in [0, 0.1) is 0 Å². The summed E-state index contributed by atoms with van der Waals surface area (Å²) >= 11 is 11.4. The van der Waals surface area contributed by atoms with Crippen LogP contribution in [-0.2, 0) is 0 Å². The molecule has 0 aliphatic carbocycles. The average Bonchev–Trinajstić information content (AvgIpc) is 1.64. The van der Waals surface area contributed by atoms with E-state index in [0.29, 0.717) is 13.0 Å². The lowest BCUT2D eigenvalue weighted by molar-refractivity contribution is 0.582. The highest BCUT2D eigenvalue weighted by Crippen LogP contribution is 2.19. The highest BCUT2D eigenvalue weighted by atomic mass is 35.5. The van der Waals surface area contributed by atoms with Crippen molar-refractivity contribution in [1.82, 2.24) is 0 Å². The van der Waals surface area contributed by atoms with Crippen LogP contribution in [0.25, 0.3) is 0 Å². The fourth-order valence-corrected chi connectivity index (χ4v) is 0.664. The van der Waals surface area contributed by atoms with Gasteiger partial charge in [0.1, 0.15) is 5.00 Å². The lowest BCUT2D eigenvalue weighted by Gasteiger charge is -2.21. The number of alkyl halides is 2. The molecule has 0 fully saturated rings. The molecule has 0 radical (unpaired) electrons. The summed E-state index contributed by atoms with van der Waals surface area (Å²) in [6.45, 7) is 2.19. The van der Waals surface area contributed by atoms with E-state index in [4.69, 9.17) is 34.7 Å². The molecule has 0 aromatic rings. The predicted molar refractivity (Wildman–Crippen MR) is 41.8 cm³/mol. The highest BCUT2D eigenvalue weighted by Gasteiger charge is 2.24. The standard InChI is InChI=1S/C5H12Cl2N2/c1-5(7,9)4(6)2-3-8/h4H,2-3,8-9H2,1H3. The van der Waals surface area contributed by atoms with Gasteiger partial charge < -0.3 is 11.5 Å². The van der Waals surface area contributed by atoms with Gasteiger partial charge in [-0.25, -0.2) is 0 Å². The smallest absolute Gasteiger partial charge is 0.105 e. The first kappa shape index (κ1) is 9.50. The van der Waals surface area contributed by atoms with Gasteiger partial charge in [0.15, 0.2) is 0 Å². The molecule has 0 saturated heterocycles. The van der Waals surface area contributed by atoms with Gasteiger partial charge >= 0.3 is 0 Å². The van der Waals surface area contributed by atoms with Crippen molar-refractivity contribution in [3.8, 4) is 0 Å². The largest absolute Gasteiger partial charge is 0.330 e. The first-order chi connectivity index (χ1) is 3.98. The third-order valence-corrected chi connectivity index (χ3v) is 2.08. The number of rotatable bonds is 3. The number of hydrogen-bond acceptors (Lipinski definition) is 2. The van der Waals surface area contributed by atoms with Crippen LogP contribution in [0.3, 0.4) is 0 Å². The molecule has 0 spiro atoms. The summed E-state index contributed by atoms with van der Waals surface area (Å²) in [5.74, 6) is 0. The van der Waals surface area contributed by atoms with E-state index in [1.54, 1.807) is 6.92 Å². The van der Waals surface area contributed by atoms with Gasteiger partial charge in [-0.3, -0.25) is 0 Å². The Morgan fingerprint density at radius 2 is 2.11 bits per heavy atom. The second-order valence-electron chi connectivity index (χ2n) is 2.20. The third-order valence-electron chi connectivity index (χ3n) is 1.03. The highest BCUT2D eigenvalue weighted by molar-refractivity contribution is 6.31. The van der Waals surface area contributed by atoms with Gasteiger partial charge in [-0.2, -0.15) is 0 Å². The Kier molecular flexibility index (Phi) is 3.82. The Labute approximate surface area is 65.5 Å². The fraction of sp³-hybridized carbons (Fsp3) is 1.00. The average molecular weight is 171 g/mol. The van der Waals surface area contributed by atoms with Gasteiger partial charge in [0, 0.05) is 0 Å². The fourth-order valence-electron chi connectivity index (χ4n) is 0.429. The van der Waals surface area contributed by atoms with Gasteiger partial charge in [-0.15, -0.1) is 23.2 Å². The lowest BCUT2D eigenvalue weighted by Crippen LogP contribution is -2.40. The molecule has 2 nitrogen and oxygen atoms in total. The summed E-state index contributed by atoms with van der Waals surface area (Å²) in [7, 11) is 0. The monoisotopic (exact) mass is 170 g/mol. The van der Waals surface area contributed by atoms with E-state index in [1.807, 2.05) is 0 Å². The van der Waals surface area contributed by atoms with E-state index < -0.39 is 5.00 Å². The molecular formula is C5H12Cl2N2. The molecule has 0 aromatic carbocycles. The third kappa shape index (κ3) is 3.98. The van der Waals surface area contributed by atoms with Crippen molar-refractivity contribution in [2.24, 2.45) is 11.5 Å². The molecule has 0 rings (SSSR count). The first-order valence-corrected chi connectivity index (χ1v) is 3.62. The number of hydrogen-bond donors (Lipinski definition) is 2. The maximum atomic E-state index is 5.72. The molecule has 4 N–H and O–H groups in total. The minimum atomic E-state index is -0.832. The van der Waals surface area contributed by atoms with Gasteiger partial charge in [0.25, 0.3) is 0 Å². The zero-order chi connectivity index (χ0) is 7.49. The molecule has 0 amide bonds. The quantitative estimate of drug-likeness (QED) is 0.488. The Hall–Kier alpha value is 0.500. The molecule has 56 valence electrons. The molecule has 0 aliphatic rings. The Balaban J connectivity index is 3.59. The van der Waals surface area contributed by atoms with Crippen LogP contribution >= 0.6 is 23.2 Å². The van der Waals surface area contributed by atoms with Gasteiger partial charge in [-0.1, -0.05) is 0 Å². The van der Waals surface area contributed by atoms with Crippen molar-refractivity contribution in [2.75, 3.05) is 6.54 Å². The molecule has 2 unspecified atom stereocenters. The van der Waals surface area contributed by atoms with Gasteiger partial charge in [0.2, 0.25) is 0 Å².